The second-order valence-corrected chi connectivity index (χ2v) is 7.68. The Bertz CT molecular complexity index is 736. The molecule has 1 aromatic carbocycles. The highest BCUT2D eigenvalue weighted by Crippen LogP contribution is 2.46. The fraction of sp³-hybridized carbons (Fsp3) is 0.450. The third kappa shape index (κ3) is 3.38. The Labute approximate surface area is 153 Å². The lowest BCUT2D eigenvalue weighted by Gasteiger charge is -2.43. The average molecular weight is 360 g/mol. The fourth-order valence-electron chi connectivity index (χ4n) is 4.68. The minimum absolute atomic E-state index is 0.444. The number of hydrogen-bond donors (Lipinski definition) is 1. The number of rotatable bonds is 4. The minimum Gasteiger partial charge on any atom is -0.370 e. The van der Waals surface area contributed by atoms with Gasteiger partial charge in [0, 0.05) is 23.7 Å². The molecular weight excluding hydrogens is 337 g/mol. The standard InChI is InChI=1S/C20H23ClFN3/c1-25-15-9-10-18(25)17(12-23-20-4-2-3-19(22)24-20)16(11-15)13-5-7-14(21)8-6-13/h2-8,15-18H,9-12H2,1H3,(H,23,24)/t15?,16-,17+,18?/m1/s1. The molecule has 2 aliphatic heterocycles. The van der Waals surface area contributed by atoms with Crippen LogP contribution in [0.1, 0.15) is 30.7 Å². The number of fused-ring (bicyclic) bond motifs is 2. The Morgan fingerprint density at radius 2 is 2.00 bits per heavy atom. The van der Waals surface area contributed by atoms with Crippen LogP contribution in [0.3, 0.4) is 0 Å². The van der Waals surface area contributed by atoms with Crippen molar-refractivity contribution in [2.45, 2.75) is 37.3 Å². The van der Waals surface area contributed by atoms with E-state index in [2.05, 4.69) is 34.4 Å². The SMILES string of the molecule is CN1C2CCC1[C@@H](CNc1cccc(F)n1)[C@@H](c1ccc(Cl)cc1)C2. The van der Waals surface area contributed by atoms with Gasteiger partial charge in [0.15, 0.2) is 0 Å². The highest BCUT2D eigenvalue weighted by atomic mass is 35.5. The van der Waals surface area contributed by atoms with Crippen LogP contribution in [0.15, 0.2) is 42.5 Å². The van der Waals surface area contributed by atoms with Gasteiger partial charge in [-0.3, -0.25) is 0 Å². The Hall–Kier alpha value is -1.65. The van der Waals surface area contributed by atoms with Crippen molar-refractivity contribution >= 4 is 17.4 Å². The fourth-order valence-corrected chi connectivity index (χ4v) is 4.80. The van der Waals surface area contributed by atoms with E-state index in [4.69, 9.17) is 11.6 Å². The van der Waals surface area contributed by atoms with Crippen LogP contribution in [0.4, 0.5) is 10.2 Å². The van der Waals surface area contributed by atoms with Gasteiger partial charge in [0.1, 0.15) is 5.82 Å². The Morgan fingerprint density at radius 1 is 1.20 bits per heavy atom. The van der Waals surface area contributed by atoms with E-state index in [1.807, 2.05) is 18.2 Å². The second kappa shape index (κ2) is 6.93. The van der Waals surface area contributed by atoms with E-state index in [1.165, 1.54) is 24.5 Å². The zero-order chi connectivity index (χ0) is 17.4. The van der Waals surface area contributed by atoms with Gasteiger partial charge in [-0.15, -0.1) is 0 Å². The van der Waals surface area contributed by atoms with E-state index >= 15 is 0 Å². The molecule has 2 aliphatic rings. The molecule has 2 aromatic rings. The molecule has 4 rings (SSSR count). The molecule has 2 fully saturated rings. The van der Waals surface area contributed by atoms with Gasteiger partial charge < -0.3 is 10.2 Å². The molecule has 5 heteroatoms. The molecule has 2 saturated heterocycles. The number of halogens is 2. The first-order valence-electron chi connectivity index (χ1n) is 8.95. The summed E-state index contributed by atoms with van der Waals surface area (Å²) < 4.78 is 13.4. The Kier molecular flexibility index (Phi) is 4.65. The van der Waals surface area contributed by atoms with E-state index in [-0.39, 0.29) is 0 Å². The first-order chi connectivity index (χ1) is 12.1. The van der Waals surface area contributed by atoms with E-state index < -0.39 is 5.95 Å². The van der Waals surface area contributed by atoms with Crippen LogP contribution >= 0.6 is 11.6 Å². The number of benzene rings is 1. The van der Waals surface area contributed by atoms with Crippen LogP contribution in [0.5, 0.6) is 0 Å². The van der Waals surface area contributed by atoms with E-state index in [0.717, 1.165) is 18.0 Å². The molecule has 2 bridgehead atoms. The van der Waals surface area contributed by atoms with Gasteiger partial charge >= 0.3 is 0 Å². The predicted molar refractivity (Wildman–Crippen MR) is 99.6 cm³/mol. The third-order valence-electron chi connectivity index (χ3n) is 5.96. The van der Waals surface area contributed by atoms with E-state index in [0.29, 0.717) is 29.7 Å². The summed E-state index contributed by atoms with van der Waals surface area (Å²) in [6, 6.07) is 14.4. The van der Waals surface area contributed by atoms with Crippen LogP contribution in [0.25, 0.3) is 0 Å². The van der Waals surface area contributed by atoms with E-state index in [9.17, 15) is 4.39 Å². The highest BCUT2D eigenvalue weighted by molar-refractivity contribution is 6.30. The molecule has 4 atom stereocenters. The Morgan fingerprint density at radius 3 is 2.76 bits per heavy atom. The molecule has 25 heavy (non-hydrogen) atoms. The second-order valence-electron chi connectivity index (χ2n) is 7.25. The summed E-state index contributed by atoms with van der Waals surface area (Å²) in [4.78, 5) is 6.48. The monoisotopic (exact) mass is 359 g/mol. The molecule has 1 N–H and O–H groups in total. The number of aromatic nitrogens is 1. The minimum atomic E-state index is -0.444. The molecule has 3 heterocycles. The summed E-state index contributed by atoms with van der Waals surface area (Å²) in [6.07, 6.45) is 3.66. The van der Waals surface area contributed by atoms with Crippen LogP contribution in [-0.4, -0.2) is 35.6 Å². The third-order valence-corrected chi connectivity index (χ3v) is 6.22. The largest absolute Gasteiger partial charge is 0.370 e. The van der Waals surface area contributed by atoms with Crippen molar-refractivity contribution in [3.8, 4) is 0 Å². The van der Waals surface area contributed by atoms with Crippen molar-refractivity contribution in [1.29, 1.82) is 0 Å². The summed E-state index contributed by atoms with van der Waals surface area (Å²) in [5.74, 6) is 1.13. The zero-order valence-corrected chi connectivity index (χ0v) is 15.1. The van der Waals surface area contributed by atoms with Crippen molar-refractivity contribution in [1.82, 2.24) is 9.88 Å². The quantitative estimate of drug-likeness (QED) is 0.811. The molecule has 0 spiro atoms. The summed E-state index contributed by atoms with van der Waals surface area (Å²) in [5, 5.41) is 4.14. The first kappa shape index (κ1) is 16.8. The first-order valence-corrected chi connectivity index (χ1v) is 9.33. The molecule has 0 aliphatic carbocycles. The number of pyridine rings is 1. The smallest absolute Gasteiger partial charge is 0.214 e. The maximum absolute atomic E-state index is 13.4. The van der Waals surface area contributed by atoms with Gasteiger partial charge in [0.2, 0.25) is 5.95 Å². The maximum Gasteiger partial charge on any atom is 0.214 e. The highest BCUT2D eigenvalue weighted by Gasteiger charge is 2.45. The summed E-state index contributed by atoms with van der Waals surface area (Å²) in [6.45, 7) is 0.797. The zero-order valence-electron chi connectivity index (χ0n) is 14.3. The van der Waals surface area contributed by atoms with Gasteiger partial charge in [-0.25, -0.2) is 4.98 Å². The van der Waals surface area contributed by atoms with Gasteiger partial charge in [0.05, 0.1) is 0 Å². The van der Waals surface area contributed by atoms with Crippen molar-refractivity contribution < 1.29 is 4.39 Å². The van der Waals surface area contributed by atoms with Gasteiger partial charge in [-0.05, 0) is 68.0 Å². The molecule has 0 saturated carbocycles. The molecule has 1 aromatic heterocycles. The average Bonchev–Trinajstić information content (AvgIpc) is 2.85. The lowest BCUT2D eigenvalue weighted by molar-refractivity contribution is 0.106. The van der Waals surface area contributed by atoms with Crippen molar-refractivity contribution in [3.05, 3.63) is 59.0 Å². The molecule has 0 radical (unpaired) electrons. The number of hydrogen-bond acceptors (Lipinski definition) is 3. The molecular formula is C20H23ClFN3. The van der Waals surface area contributed by atoms with Crippen LogP contribution < -0.4 is 5.32 Å². The van der Waals surface area contributed by atoms with Crippen molar-refractivity contribution in [2.75, 3.05) is 18.9 Å². The summed E-state index contributed by atoms with van der Waals surface area (Å²) in [5.41, 5.74) is 1.36. The number of nitrogens with one attached hydrogen (secondary N) is 1. The normalized spacial score (nSPS) is 28.9. The number of piperidine rings is 1. The van der Waals surface area contributed by atoms with Crippen LogP contribution in [0.2, 0.25) is 5.02 Å². The Balaban J connectivity index is 1.57. The molecule has 2 unspecified atom stereocenters. The maximum atomic E-state index is 13.4. The number of nitrogens with zero attached hydrogens (tertiary/aromatic N) is 2. The van der Waals surface area contributed by atoms with Gasteiger partial charge in [0.25, 0.3) is 0 Å². The number of anilines is 1. The molecule has 132 valence electrons. The van der Waals surface area contributed by atoms with Crippen LogP contribution in [0, 0.1) is 11.9 Å². The molecule has 3 nitrogen and oxygen atoms in total. The lowest BCUT2D eigenvalue weighted by atomic mass is 9.76. The van der Waals surface area contributed by atoms with Gasteiger partial charge in [-0.2, -0.15) is 4.39 Å². The lowest BCUT2D eigenvalue weighted by Crippen LogP contribution is -2.48. The summed E-state index contributed by atoms with van der Waals surface area (Å²) in [7, 11) is 2.24. The van der Waals surface area contributed by atoms with Crippen LogP contribution in [-0.2, 0) is 0 Å². The molecule has 0 amide bonds. The van der Waals surface area contributed by atoms with Gasteiger partial charge in [-0.1, -0.05) is 29.8 Å². The van der Waals surface area contributed by atoms with Crippen molar-refractivity contribution in [2.24, 2.45) is 5.92 Å². The summed E-state index contributed by atoms with van der Waals surface area (Å²) >= 11 is 6.07. The van der Waals surface area contributed by atoms with Crippen molar-refractivity contribution in [3.63, 3.8) is 0 Å². The topological polar surface area (TPSA) is 28.2 Å². The predicted octanol–water partition coefficient (Wildman–Crippen LogP) is 4.55. The van der Waals surface area contributed by atoms with E-state index in [1.54, 1.807) is 6.07 Å².